The highest BCUT2D eigenvalue weighted by Crippen LogP contribution is 2.35. The number of fused-ring (bicyclic) bond motifs is 3. The lowest BCUT2D eigenvalue weighted by Gasteiger charge is -2.32. The summed E-state index contributed by atoms with van der Waals surface area (Å²) in [6, 6.07) is 3.69. The van der Waals surface area contributed by atoms with Gasteiger partial charge in [-0.2, -0.15) is 13.2 Å². The summed E-state index contributed by atoms with van der Waals surface area (Å²) in [5, 5.41) is 2.59. The number of halogens is 3. The molecule has 1 aliphatic heterocycles. The lowest BCUT2D eigenvalue weighted by molar-refractivity contribution is -0.107. The zero-order valence-electron chi connectivity index (χ0n) is 14.2. The van der Waals surface area contributed by atoms with Gasteiger partial charge in [-0.15, -0.1) is 0 Å². The summed E-state index contributed by atoms with van der Waals surface area (Å²) in [6.07, 6.45) is 1.49. The molecule has 0 bridgehead atoms. The lowest BCUT2D eigenvalue weighted by Crippen LogP contribution is -2.43. The number of piperidine rings is 1. The molecule has 0 saturated carbocycles. The van der Waals surface area contributed by atoms with E-state index in [1.165, 1.54) is 0 Å². The van der Waals surface area contributed by atoms with Gasteiger partial charge in [0.15, 0.2) is 5.75 Å². The number of pyridine rings is 2. The van der Waals surface area contributed by atoms with Crippen LogP contribution in [0.3, 0.4) is 0 Å². The predicted octanol–water partition coefficient (Wildman–Crippen LogP) is 3.18. The summed E-state index contributed by atoms with van der Waals surface area (Å²) in [5.74, 6) is -2.10. The monoisotopic (exact) mass is 398 g/mol. The van der Waals surface area contributed by atoms with E-state index in [0.717, 1.165) is 20.5 Å². The zero-order chi connectivity index (χ0) is 19.2. The van der Waals surface area contributed by atoms with Crippen LogP contribution in [-0.4, -0.2) is 52.7 Å². The second-order valence-corrected chi connectivity index (χ2v) is 8.70. The number of hydrogen-bond donors (Lipinski definition) is 1. The Labute approximate surface area is 153 Å². The van der Waals surface area contributed by atoms with Crippen molar-refractivity contribution in [3.05, 3.63) is 36.4 Å². The van der Waals surface area contributed by atoms with Crippen molar-refractivity contribution in [2.75, 3.05) is 18.8 Å². The fraction of sp³-hybridized carbons (Fsp3) is 0.412. The average molecular weight is 398 g/mol. The SMILES string of the molecule is O=S(=O)(CC(F)(F)F)N1CCCC(c2nccc3cnc4[nH]ccc4c23)C1. The van der Waals surface area contributed by atoms with Crippen LogP contribution in [0.1, 0.15) is 24.5 Å². The molecule has 3 aromatic heterocycles. The largest absolute Gasteiger partial charge is 0.404 e. The highest BCUT2D eigenvalue weighted by Gasteiger charge is 2.40. The average Bonchev–Trinajstić information content (AvgIpc) is 3.08. The maximum Gasteiger partial charge on any atom is 0.404 e. The van der Waals surface area contributed by atoms with E-state index in [9.17, 15) is 21.6 Å². The first-order valence-corrected chi connectivity index (χ1v) is 10.1. The number of H-pyrrole nitrogens is 1. The molecule has 4 rings (SSSR count). The molecule has 0 amide bonds. The quantitative estimate of drug-likeness (QED) is 0.735. The highest BCUT2D eigenvalue weighted by molar-refractivity contribution is 7.89. The van der Waals surface area contributed by atoms with E-state index in [1.807, 2.05) is 12.1 Å². The maximum atomic E-state index is 12.6. The fourth-order valence-electron chi connectivity index (χ4n) is 3.72. The van der Waals surface area contributed by atoms with E-state index >= 15 is 0 Å². The van der Waals surface area contributed by atoms with Gasteiger partial charge < -0.3 is 4.98 Å². The van der Waals surface area contributed by atoms with Crippen molar-refractivity contribution in [2.24, 2.45) is 0 Å². The van der Waals surface area contributed by atoms with Crippen molar-refractivity contribution in [1.82, 2.24) is 19.3 Å². The first-order valence-electron chi connectivity index (χ1n) is 8.50. The Kier molecular flexibility index (Phi) is 4.34. The van der Waals surface area contributed by atoms with Crippen molar-refractivity contribution in [3.63, 3.8) is 0 Å². The number of aromatic nitrogens is 3. The van der Waals surface area contributed by atoms with Crippen LogP contribution in [0.25, 0.3) is 21.8 Å². The molecule has 0 aromatic carbocycles. The molecule has 1 N–H and O–H groups in total. The molecule has 6 nitrogen and oxygen atoms in total. The van der Waals surface area contributed by atoms with Crippen LogP contribution >= 0.6 is 0 Å². The van der Waals surface area contributed by atoms with E-state index in [-0.39, 0.29) is 19.0 Å². The number of aromatic amines is 1. The molecule has 27 heavy (non-hydrogen) atoms. The molecule has 0 aliphatic carbocycles. The molecular weight excluding hydrogens is 381 g/mol. The Morgan fingerprint density at radius 3 is 2.85 bits per heavy atom. The second-order valence-electron chi connectivity index (χ2n) is 6.73. The Morgan fingerprint density at radius 2 is 2.07 bits per heavy atom. The number of alkyl halides is 3. The first-order chi connectivity index (χ1) is 12.7. The van der Waals surface area contributed by atoms with E-state index < -0.39 is 22.0 Å². The summed E-state index contributed by atoms with van der Waals surface area (Å²) < 4.78 is 63.3. The van der Waals surface area contributed by atoms with Crippen LogP contribution in [0.5, 0.6) is 0 Å². The molecule has 1 aliphatic rings. The van der Waals surface area contributed by atoms with Crippen LogP contribution in [0.2, 0.25) is 0 Å². The van der Waals surface area contributed by atoms with Crippen molar-refractivity contribution in [1.29, 1.82) is 0 Å². The molecular formula is C17H17F3N4O2S. The Hall–Kier alpha value is -2.20. The minimum Gasteiger partial charge on any atom is -0.346 e. The molecule has 4 heterocycles. The van der Waals surface area contributed by atoms with Gasteiger partial charge in [0.1, 0.15) is 5.65 Å². The van der Waals surface area contributed by atoms with Crippen LogP contribution in [0, 0.1) is 0 Å². The summed E-state index contributed by atoms with van der Waals surface area (Å²) >= 11 is 0. The van der Waals surface area contributed by atoms with Gasteiger partial charge in [0.05, 0.1) is 5.69 Å². The molecule has 3 aromatic rings. The molecule has 1 unspecified atom stereocenters. The van der Waals surface area contributed by atoms with Gasteiger partial charge in [-0.25, -0.2) is 17.7 Å². The number of nitrogens with zero attached hydrogens (tertiary/aromatic N) is 3. The fourth-order valence-corrected chi connectivity index (χ4v) is 5.13. The summed E-state index contributed by atoms with van der Waals surface area (Å²) in [5.41, 5.74) is 1.39. The van der Waals surface area contributed by atoms with Gasteiger partial charge in [-0.3, -0.25) is 4.98 Å². The zero-order valence-corrected chi connectivity index (χ0v) is 15.0. The lowest BCUT2D eigenvalue weighted by atomic mass is 9.92. The van der Waals surface area contributed by atoms with Crippen molar-refractivity contribution in [2.45, 2.75) is 24.9 Å². The molecule has 0 radical (unpaired) electrons. The third-order valence-corrected chi connectivity index (χ3v) is 6.66. The molecule has 10 heteroatoms. The van der Waals surface area contributed by atoms with E-state index in [1.54, 1.807) is 18.6 Å². The van der Waals surface area contributed by atoms with Crippen LogP contribution in [0.4, 0.5) is 13.2 Å². The van der Waals surface area contributed by atoms with E-state index in [0.29, 0.717) is 24.2 Å². The number of sulfonamides is 1. The van der Waals surface area contributed by atoms with Crippen LogP contribution in [-0.2, 0) is 10.0 Å². The van der Waals surface area contributed by atoms with E-state index in [2.05, 4.69) is 15.0 Å². The smallest absolute Gasteiger partial charge is 0.346 e. The van der Waals surface area contributed by atoms with Crippen LogP contribution in [0.15, 0.2) is 30.7 Å². The first kappa shape index (κ1) is 18.2. The van der Waals surface area contributed by atoms with Crippen molar-refractivity contribution >= 4 is 31.8 Å². The highest BCUT2D eigenvalue weighted by atomic mass is 32.2. The third kappa shape index (κ3) is 3.51. The maximum absolute atomic E-state index is 12.6. The van der Waals surface area contributed by atoms with Crippen molar-refractivity contribution < 1.29 is 21.6 Å². The second kappa shape index (κ2) is 6.45. The molecule has 1 atom stereocenters. The van der Waals surface area contributed by atoms with E-state index in [4.69, 9.17) is 0 Å². The minimum atomic E-state index is -4.76. The Balaban J connectivity index is 1.73. The predicted molar refractivity (Wildman–Crippen MR) is 94.8 cm³/mol. The van der Waals surface area contributed by atoms with Gasteiger partial charge in [0.2, 0.25) is 10.0 Å². The van der Waals surface area contributed by atoms with Gasteiger partial charge in [-0.05, 0) is 25.0 Å². The normalized spacial score (nSPS) is 19.7. The number of nitrogens with one attached hydrogen (secondary N) is 1. The third-order valence-electron chi connectivity index (χ3n) is 4.85. The summed E-state index contributed by atoms with van der Waals surface area (Å²) in [7, 11) is -4.40. The topological polar surface area (TPSA) is 79.0 Å². The standard InChI is InChI=1S/C17H17F3N4O2S/c18-17(19,20)10-27(25,26)24-7-1-2-12(9-24)15-14-11(3-5-21-15)8-23-16-13(14)4-6-22-16/h3-6,8,12H,1-2,7,9-10H2,(H,22,23). The number of hydrogen-bond acceptors (Lipinski definition) is 4. The van der Waals surface area contributed by atoms with Gasteiger partial charge in [0.25, 0.3) is 0 Å². The minimum absolute atomic E-state index is 0.00122. The van der Waals surface area contributed by atoms with Gasteiger partial charge in [-0.1, -0.05) is 0 Å². The molecule has 144 valence electrons. The Bertz CT molecular complexity index is 1090. The van der Waals surface area contributed by atoms with Gasteiger partial charge in [0, 0.05) is 53.8 Å². The Morgan fingerprint density at radius 1 is 1.26 bits per heavy atom. The van der Waals surface area contributed by atoms with Gasteiger partial charge >= 0.3 is 6.18 Å². The molecule has 1 saturated heterocycles. The summed E-state index contributed by atoms with van der Waals surface area (Å²) in [6.45, 7) is 0.0968. The molecule has 1 fully saturated rings. The summed E-state index contributed by atoms with van der Waals surface area (Å²) in [4.78, 5) is 11.8. The number of rotatable bonds is 3. The molecule has 0 spiro atoms. The van der Waals surface area contributed by atoms with Crippen molar-refractivity contribution in [3.8, 4) is 0 Å². The van der Waals surface area contributed by atoms with Crippen LogP contribution < -0.4 is 0 Å².